The minimum absolute atomic E-state index is 0.137. The Hall–Kier alpha value is -2.87. The molecule has 1 aromatic carbocycles. The largest absolute Gasteiger partial charge is 0.444 e. The van der Waals surface area contributed by atoms with E-state index in [0.717, 1.165) is 22.6 Å². The maximum absolute atomic E-state index is 12.1. The minimum Gasteiger partial charge on any atom is -0.444 e. The second-order valence-corrected chi connectivity index (χ2v) is 6.74. The van der Waals surface area contributed by atoms with Crippen LogP contribution in [0.2, 0.25) is 0 Å². The maximum Gasteiger partial charge on any atom is 0.287 e. The van der Waals surface area contributed by atoms with Crippen molar-refractivity contribution in [2.45, 2.75) is 20.4 Å². The van der Waals surface area contributed by atoms with E-state index in [2.05, 4.69) is 31.7 Å². The van der Waals surface area contributed by atoms with Crippen LogP contribution >= 0.6 is 15.9 Å². The highest BCUT2D eigenvalue weighted by Crippen LogP contribution is 2.17. The molecule has 0 saturated carbocycles. The lowest BCUT2D eigenvalue weighted by molar-refractivity contribution is -0.120. The molecule has 2 aromatic heterocycles. The molecule has 0 aliphatic rings. The number of hydrogen-bond donors (Lipinski definition) is 2. The number of carbonyl (C=O) groups is 2. The first-order chi connectivity index (χ1) is 13.0. The lowest BCUT2D eigenvalue weighted by atomic mass is 10.2. The molecule has 0 atom stereocenters. The maximum atomic E-state index is 12.1. The van der Waals surface area contributed by atoms with Crippen molar-refractivity contribution in [1.29, 1.82) is 0 Å². The molecule has 140 valence electrons. The quantitative estimate of drug-likeness (QED) is 0.628. The van der Waals surface area contributed by atoms with E-state index >= 15 is 0 Å². The number of nitrogens with zero attached hydrogens (tertiary/aromatic N) is 2. The molecule has 0 unspecified atom stereocenters. The number of halogens is 1. The van der Waals surface area contributed by atoms with Gasteiger partial charge in [-0.05, 0) is 54.0 Å². The van der Waals surface area contributed by atoms with Crippen LogP contribution in [-0.2, 0) is 11.3 Å². The number of aryl methyl sites for hydroxylation is 1. The molecule has 0 saturated heterocycles. The third-order valence-corrected chi connectivity index (χ3v) is 4.54. The zero-order valence-corrected chi connectivity index (χ0v) is 16.5. The molecule has 0 aliphatic heterocycles. The van der Waals surface area contributed by atoms with Gasteiger partial charge in [-0.1, -0.05) is 18.2 Å². The topological polar surface area (TPSA) is 89.2 Å². The number of rotatable bonds is 6. The van der Waals surface area contributed by atoms with E-state index in [0.29, 0.717) is 11.2 Å². The fraction of sp³-hybridized carbons (Fsp3) is 0.211. The molecule has 2 N–H and O–H groups in total. The van der Waals surface area contributed by atoms with E-state index in [1.54, 1.807) is 6.07 Å². The van der Waals surface area contributed by atoms with Crippen LogP contribution in [0.25, 0.3) is 5.69 Å². The van der Waals surface area contributed by atoms with Crippen molar-refractivity contribution in [3.63, 3.8) is 0 Å². The van der Waals surface area contributed by atoms with Crippen LogP contribution in [0.5, 0.6) is 0 Å². The van der Waals surface area contributed by atoms with Crippen molar-refractivity contribution in [2.24, 2.45) is 0 Å². The summed E-state index contributed by atoms with van der Waals surface area (Å²) in [5.41, 5.74) is 3.73. The molecule has 27 heavy (non-hydrogen) atoms. The van der Waals surface area contributed by atoms with Gasteiger partial charge >= 0.3 is 0 Å². The van der Waals surface area contributed by atoms with Crippen molar-refractivity contribution in [3.05, 3.63) is 69.8 Å². The summed E-state index contributed by atoms with van der Waals surface area (Å²) in [4.78, 5) is 23.9. The summed E-state index contributed by atoms with van der Waals surface area (Å²) in [5, 5.41) is 9.89. The number of furan rings is 1. The summed E-state index contributed by atoms with van der Waals surface area (Å²) < 4.78 is 7.46. The number of benzene rings is 1. The van der Waals surface area contributed by atoms with E-state index in [9.17, 15) is 9.59 Å². The van der Waals surface area contributed by atoms with E-state index in [1.165, 1.54) is 6.07 Å². The van der Waals surface area contributed by atoms with Gasteiger partial charge in [-0.25, -0.2) is 4.68 Å². The minimum atomic E-state index is -0.444. The molecule has 2 amide bonds. The van der Waals surface area contributed by atoms with Crippen LogP contribution in [0.1, 0.15) is 27.5 Å². The molecule has 0 spiro atoms. The van der Waals surface area contributed by atoms with E-state index in [1.807, 2.05) is 48.9 Å². The van der Waals surface area contributed by atoms with Gasteiger partial charge in [0.2, 0.25) is 5.91 Å². The first kappa shape index (κ1) is 18.9. The van der Waals surface area contributed by atoms with Crippen molar-refractivity contribution < 1.29 is 14.0 Å². The Morgan fingerprint density at radius 3 is 2.52 bits per heavy atom. The van der Waals surface area contributed by atoms with Crippen LogP contribution in [0.15, 0.2) is 51.6 Å². The van der Waals surface area contributed by atoms with Crippen LogP contribution in [0, 0.1) is 13.8 Å². The zero-order chi connectivity index (χ0) is 19.4. The number of aromatic nitrogens is 2. The van der Waals surface area contributed by atoms with Crippen molar-refractivity contribution in [2.75, 3.05) is 6.54 Å². The van der Waals surface area contributed by atoms with E-state index in [4.69, 9.17) is 4.42 Å². The molecule has 7 nitrogen and oxygen atoms in total. The first-order valence-electron chi connectivity index (χ1n) is 8.36. The van der Waals surface area contributed by atoms with Gasteiger partial charge in [0.25, 0.3) is 5.91 Å². The van der Waals surface area contributed by atoms with Gasteiger partial charge in [-0.2, -0.15) is 5.10 Å². The summed E-state index contributed by atoms with van der Waals surface area (Å²) in [6.45, 7) is 4.07. The summed E-state index contributed by atoms with van der Waals surface area (Å²) in [5.74, 6) is -0.592. The molecule has 0 aliphatic carbocycles. The Kier molecular flexibility index (Phi) is 5.75. The lowest BCUT2D eigenvalue weighted by Gasteiger charge is -2.08. The van der Waals surface area contributed by atoms with Gasteiger partial charge in [0.15, 0.2) is 10.4 Å². The van der Waals surface area contributed by atoms with Gasteiger partial charge in [-0.15, -0.1) is 0 Å². The second-order valence-electron chi connectivity index (χ2n) is 5.96. The summed E-state index contributed by atoms with van der Waals surface area (Å²) in [6.07, 6.45) is 0. The third-order valence-electron chi connectivity index (χ3n) is 4.11. The first-order valence-corrected chi connectivity index (χ1v) is 9.15. The highest BCUT2D eigenvalue weighted by atomic mass is 79.9. The van der Waals surface area contributed by atoms with Crippen LogP contribution < -0.4 is 10.6 Å². The fourth-order valence-corrected chi connectivity index (χ4v) is 2.99. The lowest BCUT2D eigenvalue weighted by Crippen LogP contribution is -2.36. The monoisotopic (exact) mass is 430 g/mol. The summed E-state index contributed by atoms with van der Waals surface area (Å²) in [6, 6.07) is 13.0. The highest BCUT2D eigenvalue weighted by molar-refractivity contribution is 9.10. The van der Waals surface area contributed by atoms with Gasteiger partial charge in [0, 0.05) is 17.8 Å². The Bertz CT molecular complexity index is 963. The number of para-hydroxylation sites is 1. The Balaban J connectivity index is 1.57. The average molecular weight is 431 g/mol. The van der Waals surface area contributed by atoms with Gasteiger partial charge in [0.1, 0.15) is 0 Å². The van der Waals surface area contributed by atoms with E-state index < -0.39 is 5.91 Å². The smallest absolute Gasteiger partial charge is 0.287 e. The summed E-state index contributed by atoms with van der Waals surface area (Å²) in [7, 11) is 0. The van der Waals surface area contributed by atoms with Crippen molar-refractivity contribution >= 4 is 27.7 Å². The third kappa shape index (κ3) is 4.46. The second kappa shape index (κ2) is 8.22. The Morgan fingerprint density at radius 1 is 1.11 bits per heavy atom. The van der Waals surface area contributed by atoms with Gasteiger partial charge in [-0.3, -0.25) is 9.59 Å². The Labute approximate surface area is 164 Å². The molecule has 8 heteroatoms. The molecular formula is C19H19BrN4O3. The van der Waals surface area contributed by atoms with E-state index in [-0.39, 0.29) is 18.2 Å². The molecule has 3 rings (SSSR count). The van der Waals surface area contributed by atoms with Crippen LogP contribution in [0.3, 0.4) is 0 Å². The van der Waals surface area contributed by atoms with Crippen LogP contribution in [-0.4, -0.2) is 28.1 Å². The molecule has 3 aromatic rings. The fourth-order valence-electron chi connectivity index (χ4n) is 2.68. The number of carbonyl (C=O) groups excluding carboxylic acids is 2. The predicted molar refractivity (Wildman–Crippen MR) is 104 cm³/mol. The van der Waals surface area contributed by atoms with Crippen LogP contribution in [0.4, 0.5) is 0 Å². The Morgan fingerprint density at radius 2 is 1.85 bits per heavy atom. The van der Waals surface area contributed by atoms with Gasteiger partial charge < -0.3 is 15.1 Å². The standard InChI is InChI=1S/C19H19BrN4O3/c1-12-15(13(2)24(23-12)14-6-4-3-5-7-14)10-21-18(25)11-22-19(26)16-8-9-17(20)27-16/h3-9H,10-11H2,1-2H3,(H,21,25)(H,22,26). The predicted octanol–water partition coefficient (Wildman–Crippen LogP) is 2.89. The van der Waals surface area contributed by atoms with Crippen molar-refractivity contribution in [1.82, 2.24) is 20.4 Å². The number of hydrogen-bond acceptors (Lipinski definition) is 4. The highest BCUT2D eigenvalue weighted by Gasteiger charge is 2.15. The normalized spacial score (nSPS) is 10.6. The molecule has 0 radical (unpaired) electrons. The number of nitrogens with one attached hydrogen (secondary N) is 2. The van der Waals surface area contributed by atoms with Crippen molar-refractivity contribution in [3.8, 4) is 5.69 Å². The molecular weight excluding hydrogens is 412 g/mol. The average Bonchev–Trinajstić information content (AvgIpc) is 3.22. The molecule has 0 fully saturated rings. The number of amides is 2. The van der Waals surface area contributed by atoms with Gasteiger partial charge in [0.05, 0.1) is 17.9 Å². The summed E-state index contributed by atoms with van der Waals surface area (Å²) >= 11 is 3.13. The molecule has 2 heterocycles. The molecule has 0 bridgehead atoms. The zero-order valence-electron chi connectivity index (χ0n) is 15.0. The SMILES string of the molecule is Cc1nn(-c2ccccc2)c(C)c1CNC(=O)CNC(=O)c1ccc(Br)o1.